The van der Waals surface area contributed by atoms with Gasteiger partial charge in [0.05, 0.1) is 28.9 Å². The highest BCUT2D eigenvalue weighted by Crippen LogP contribution is 2.39. The van der Waals surface area contributed by atoms with Crippen molar-refractivity contribution in [3.8, 4) is 23.0 Å². The fraction of sp³-hybridized carbons (Fsp3) is 0.333. The lowest BCUT2D eigenvalue weighted by atomic mass is 10.00. The van der Waals surface area contributed by atoms with Gasteiger partial charge in [0.15, 0.2) is 5.82 Å². The number of piperazine rings is 1. The molecule has 318 valence electrons. The number of phenols is 1. The molecular weight excluding hydrogens is 824 g/mol. The fourth-order valence-electron chi connectivity index (χ4n) is 6.87. The third-order valence-corrected chi connectivity index (χ3v) is 10.2. The Labute approximate surface area is 339 Å². The molecule has 2 fully saturated rings. The van der Waals surface area contributed by atoms with E-state index in [0.717, 1.165) is 25.0 Å². The van der Waals surface area contributed by atoms with Crippen LogP contribution in [-0.4, -0.2) is 107 Å². The molecule has 0 saturated carbocycles. The molecule has 2 aliphatic heterocycles. The molecule has 21 heteroatoms. The topological polar surface area (TPSA) is 201 Å². The van der Waals surface area contributed by atoms with Gasteiger partial charge in [-0.05, 0) is 80.8 Å². The van der Waals surface area contributed by atoms with Crippen LogP contribution in [0, 0.1) is 5.82 Å². The van der Waals surface area contributed by atoms with Crippen LogP contribution in [0.2, 0.25) is 0 Å². The Morgan fingerprint density at radius 2 is 1.58 bits per heavy atom. The van der Waals surface area contributed by atoms with Gasteiger partial charge in [0.1, 0.15) is 35.0 Å². The number of rotatable bonds is 8. The van der Waals surface area contributed by atoms with E-state index < -0.39 is 44.6 Å². The summed E-state index contributed by atoms with van der Waals surface area (Å²) in [5, 5.41) is 21.9. The average Bonchev–Trinajstić information content (AvgIpc) is 3.44. The molecule has 0 spiro atoms. The highest BCUT2D eigenvalue weighted by Gasteiger charge is 2.45. The molecule has 7 rings (SSSR count). The van der Waals surface area contributed by atoms with Crippen LogP contribution in [0.4, 0.5) is 32.1 Å². The second-order valence-electron chi connectivity index (χ2n) is 14.8. The average molecular weight is 861 g/mol. The van der Waals surface area contributed by atoms with E-state index in [1.165, 1.54) is 24.4 Å². The van der Waals surface area contributed by atoms with Crippen LogP contribution in [0.25, 0.3) is 32.9 Å². The number of amides is 2. The minimum Gasteiger partial charge on any atom is -0.508 e. The van der Waals surface area contributed by atoms with Crippen molar-refractivity contribution >= 4 is 55.7 Å². The zero-order chi connectivity index (χ0) is 43.7. The summed E-state index contributed by atoms with van der Waals surface area (Å²) in [4.78, 5) is 51.5. The number of pyridine rings is 1. The van der Waals surface area contributed by atoms with Gasteiger partial charge in [0, 0.05) is 30.4 Å². The Bertz CT molecular complexity index is 2560. The second kappa shape index (κ2) is 16.7. The van der Waals surface area contributed by atoms with Gasteiger partial charge in [-0.2, -0.15) is 31.6 Å². The number of carbonyl (C=O) groups is 3. The van der Waals surface area contributed by atoms with Crippen LogP contribution >= 0.6 is 0 Å². The summed E-state index contributed by atoms with van der Waals surface area (Å²) >= 11 is 0. The standard InChI is InChI=1S/C37H36F2N6O7S.C2HF3O2/c1-37(2,3)52-36(48)45-23-10-11-24(45)20-44(19-23)33-29-18-41-31(28-17-25(46)16-22-6-4-5-7-27(22)28)30(38)32(29)42-35(43-33)51-15-14-40-34(47)21-8-12-26(13-9-21)53(39,49)50;3-2(4,5)1(6)7/h4-9,12-13,16-18,23-24,46H,10-11,14-15,19-20H2,1-3H3,(H,40,47);(H,6,7)/t23-,24+;. The van der Waals surface area contributed by atoms with Gasteiger partial charge in [-0.1, -0.05) is 24.3 Å². The summed E-state index contributed by atoms with van der Waals surface area (Å²) in [5.74, 6) is -3.77. The molecule has 0 radical (unpaired) electrons. The molecule has 60 heavy (non-hydrogen) atoms. The Morgan fingerprint density at radius 1 is 0.950 bits per heavy atom. The third-order valence-electron chi connectivity index (χ3n) is 9.39. The number of halogens is 5. The first-order chi connectivity index (χ1) is 28.1. The summed E-state index contributed by atoms with van der Waals surface area (Å²) < 4.78 is 95.5. The number of aromatic hydroxyl groups is 1. The molecule has 5 aromatic rings. The number of nitrogens with zero attached hydrogens (tertiary/aromatic N) is 5. The van der Waals surface area contributed by atoms with E-state index in [1.807, 2.05) is 37.8 Å². The molecule has 2 bridgehead atoms. The van der Waals surface area contributed by atoms with Crippen LogP contribution in [0.15, 0.2) is 71.8 Å². The van der Waals surface area contributed by atoms with Crippen LogP contribution in [-0.2, 0) is 19.8 Å². The molecule has 3 N–H and O–H groups in total. The number of fused-ring (bicyclic) bond motifs is 4. The summed E-state index contributed by atoms with van der Waals surface area (Å²) in [6, 6.07) is 14.1. The van der Waals surface area contributed by atoms with E-state index >= 15 is 4.39 Å². The van der Waals surface area contributed by atoms with Gasteiger partial charge in [0.2, 0.25) is 0 Å². The number of hydrogen-bond donors (Lipinski definition) is 3. The molecule has 2 aliphatic rings. The number of nitrogens with one attached hydrogen (secondary N) is 1. The maximum absolute atomic E-state index is 16.7. The van der Waals surface area contributed by atoms with Crippen LogP contribution in [0.5, 0.6) is 11.8 Å². The van der Waals surface area contributed by atoms with E-state index in [4.69, 9.17) is 19.4 Å². The number of carbonyl (C=O) groups excluding carboxylic acids is 2. The lowest BCUT2D eigenvalue weighted by Crippen LogP contribution is -2.57. The van der Waals surface area contributed by atoms with E-state index in [1.54, 1.807) is 23.1 Å². The van der Waals surface area contributed by atoms with Crippen LogP contribution in [0.3, 0.4) is 0 Å². The minimum atomic E-state index is -5.08. The van der Waals surface area contributed by atoms with E-state index in [2.05, 4.69) is 20.3 Å². The normalized spacial score (nSPS) is 16.6. The quantitative estimate of drug-likeness (QED) is 0.0883. The number of anilines is 1. The molecule has 4 heterocycles. The largest absolute Gasteiger partial charge is 0.508 e. The summed E-state index contributed by atoms with van der Waals surface area (Å²) in [6.07, 6.45) is -2.48. The van der Waals surface area contributed by atoms with Gasteiger partial charge in [-0.25, -0.2) is 14.0 Å². The van der Waals surface area contributed by atoms with E-state index in [0.29, 0.717) is 40.6 Å². The number of alkyl halides is 3. The third kappa shape index (κ3) is 9.73. The van der Waals surface area contributed by atoms with Crippen molar-refractivity contribution in [1.82, 2.24) is 25.2 Å². The zero-order valence-electron chi connectivity index (χ0n) is 32.0. The van der Waals surface area contributed by atoms with Crippen molar-refractivity contribution in [2.45, 2.75) is 62.4 Å². The highest BCUT2D eigenvalue weighted by atomic mass is 32.3. The Hall–Kier alpha value is -6.38. The molecule has 15 nitrogen and oxygen atoms in total. The van der Waals surface area contributed by atoms with Crippen molar-refractivity contribution in [3.63, 3.8) is 0 Å². The molecule has 2 atom stereocenters. The van der Waals surface area contributed by atoms with Crippen LogP contribution < -0.4 is 15.0 Å². The number of hydrogen-bond acceptors (Lipinski definition) is 12. The molecule has 2 aromatic heterocycles. The first kappa shape index (κ1) is 43.2. The number of phenolic OH excluding ortho intramolecular Hbond substituents is 1. The summed E-state index contributed by atoms with van der Waals surface area (Å²) in [5.41, 5.74) is -0.298. The lowest BCUT2D eigenvalue weighted by Gasteiger charge is -2.42. The number of aromatic nitrogens is 3. The number of carboxylic acids is 1. The van der Waals surface area contributed by atoms with Crippen LogP contribution in [0.1, 0.15) is 44.0 Å². The first-order valence-corrected chi connectivity index (χ1v) is 19.6. The maximum Gasteiger partial charge on any atom is 0.490 e. The predicted octanol–water partition coefficient (Wildman–Crippen LogP) is 6.38. The number of ether oxygens (including phenoxy) is 2. The highest BCUT2D eigenvalue weighted by molar-refractivity contribution is 7.86. The van der Waals surface area contributed by atoms with Gasteiger partial charge in [0.25, 0.3) is 5.91 Å². The summed E-state index contributed by atoms with van der Waals surface area (Å²) in [7, 11) is -4.91. The van der Waals surface area contributed by atoms with Crippen molar-refractivity contribution in [2.75, 3.05) is 31.1 Å². The minimum absolute atomic E-state index is 0.0310. The van der Waals surface area contributed by atoms with Gasteiger partial charge in [-0.3, -0.25) is 14.7 Å². The SMILES string of the molecule is CC(C)(C)OC(=O)N1[C@@H]2CC[C@H]1CN(c1nc(OCCNC(=O)c3ccc(S(=O)(=O)F)cc3)nc3c(F)c(-c4cc(O)cc5ccccc45)ncc13)C2.O=C(O)C(F)(F)F. The summed E-state index contributed by atoms with van der Waals surface area (Å²) in [6.45, 7) is 6.08. The second-order valence-corrected chi connectivity index (χ2v) is 16.1. The van der Waals surface area contributed by atoms with Gasteiger partial charge < -0.3 is 29.9 Å². The lowest BCUT2D eigenvalue weighted by molar-refractivity contribution is -0.192. The number of aliphatic carboxylic acids is 1. The van der Waals surface area contributed by atoms with E-state index in [-0.39, 0.29) is 59.9 Å². The molecule has 0 aliphatic carbocycles. The molecular formula is C39H37F5N6O9S. The van der Waals surface area contributed by atoms with Crippen molar-refractivity contribution < 1.29 is 63.9 Å². The predicted molar refractivity (Wildman–Crippen MR) is 205 cm³/mol. The van der Waals surface area contributed by atoms with E-state index in [9.17, 15) is 40.2 Å². The monoisotopic (exact) mass is 860 g/mol. The Morgan fingerprint density at radius 3 is 2.18 bits per heavy atom. The molecule has 3 aromatic carbocycles. The first-order valence-electron chi connectivity index (χ1n) is 18.2. The number of benzene rings is 3. The fourth-order valence-corrected chi connectivity index (χ4v) is 7.33. The smallest absolute Gasteiger partial charge is 0.490 e. The zero-order valence-corrected chi connectivity index (χ0v) is 32.9. The van der Waals surface area contributed by atoms with Crippen molar-refractivity contribution in [2.24, 2.45) is 0 Å². The van der Waals surface area contributed by atoms with Gasteiger partial charge in [-0.15, -0.1) is 3.89 Å². The van der Waals surface area contributed by atoms with Crippen molar-refractivity contribution in [1.29, 1.82) is 0 Å². The molecule has 2 saturated heterocycles. The Balaban J connectivity index is 0.000000793. The maximum atomic E-state index is 16.7. The Kier molecular flexibility index (Phi) is 12.0. The molecule has 2 amide bonds. The molecule has 0 unspecified atom stereocenters. The number of carboxylic acid groups (broad SMARTS) is 1. The van der Waals surface area contributed by atoms with Gasteiger partial charge >= 0.3 is 34.5 Å². The van der Waals surface area contributed by atoms with Crippen molar-refractivity contribution in [3.05, 3.63) is 78.2 Å².